The van der Waals surface area contributed by atoms with Crippen molar-refractivity contribution in [1.29, 1.82) is 0 Å². The molecule has 2 aliphatic rings. The van der Waals surface area contributed by atoms with Gasteiger partial charge in [0.25, 0.3) is 5.69 Å². The van der Waals surface area contributed by atoms with E-state index in [1.807, 2.05) is 6.07 Å². The van der Waals surface area contributed by atoms with E-state index < -0.39 is 16.5 Å². The zero-order valence-corrected chi connectivity index (χ0v) is 15.2. The van der Waals surface area contributed by atoms with Gasteiger partial charge < -0.3 is 9.15 Å². The van der Waals surface area contributed by atoms with Crippen LogP contribution in [0.25, 0.3) is 5.76 Å². The lowest BCUT2D eigenvalue weighted by Gasteiger charge is -2.26. The van der Waals surface area contributed by atoms with E-state index in [4.69, 9.17) is 9.15 Å². The van der Waals surface area contributed by atoms with Crippen molar-refractivity contribution in [3.8, 4) is 5.75 Å². The highest BCUT2D eigenvalue weighted by atomic mass is 16.6. The Morgan fingerprint density at radius 2 is 1.69 bits per heavy atom. The summed E-state index contributed by atoms with van der Waals surface area (Å²) in [6, 6.07) is 14.5. The number of hydrogen-bond donors (Lipinski definition) is 0. The zero-order chi connectivity index (χ0) is 20.3. The Hall–Kier alpha value is -4.00. The third-order valence-electron chi connectivity index (χ3n) is 5.21. The summed E-state index contributed by atoms with van der Waals surface area (Å²) in [6.07, 6.45) is 0. The smallest absolute Gasteiger partial charge is 0.343 e. The molecule has 0 spiro atoms. The quantitative estimate of drug-likeness (QED) is 0.487. The lowest BCUT2D eigenvalue weighted by molar-refractivity contribution is -0.384. The molecule has 0 radical (unpaired) electrons. The van der Waals surface area contributed by atoms with Crippen LogP contribution in [0.4, 0.5) is 5.69 Å². The maximum absolute atomic E-state index is 13.2. The number of fused-ring (bicyclic) bond motifs is 3. The summed E-state index contributed by atoms with van der Waals surface area (Å²) >= 11 is 0. The van der Waals surface area contributed by atoms with Crippen LogP contribution in [-0.4, -0.2) is 10.7 Å². The van der Waals surface area contributed by atoms with Crippen molar-refractivity contribution in [3.63, 3.8) is 0 Å². The van der Waals surface area contributed by atoms with Gasteiger partial charge >= 0.3 is 5.63 Å². The number of benzene rings is 2. The fourth-order valence-electron chi connectivity index (χ4n) is 3.96. The third-order valence-corrected chi connectivity index (χ3v) is 5.21. The van der Waals surface area contributed by atoms with Crippen LogP contribution in [0.2, 0.25) is 0 Å². The molecule has 1 aliphatic carbocycles. The minimum Gasteiger partial charge on any atom is -0.456 e. The molecule has 1 unspecified atom stereocenters. The molecule has 0 bridgehead atoms. The molecule has 142 valence electrons. The van der Waals surface area contributed by atoms with Gasteiger partial charge in [-0.25, -0.2) is 4.79 Å². The number of Topliss-reactive ketones (excluding diaryl/α,β-unsaturated/α-hetero) is 1. The van der Waals surface area contributed by atoms with Gasteiger partial charge in [0.15, 0.2) is 5.78 Å². The Morgan fingerprint density at radius 3 is 2.38 bits per heavy atom. The Balaban J connectivity index is 1.78. The highest BCUT2D eigenvalue weighted by Gasteiger charge is 2.43. The molecule has 0 saturated carbocycles. The van der Waals surface area contributed by atoms with Gasteiger partial charge in [-0.1, -0.05) is 36.4 Å². The van der Waals surface area contributed by atoms with Gasteiger partial charge in [-0.2, -0.15) is 0 Å². The molecular weight excluding hydrogens is 374 g/mol. The minimum atomic E-state index is -0.744. The summed E-state index contributed by atoms with van der Waals surface area (Å²) in [5.41, 5.74) is 1.61. The predicted molar refractivity (Wildman–Crippen MR) is 103 cm³/mol. The lowest BCUT2D eigenvalue weighted by atomic mass is 9.82. The largest absolute Gasteiger partial charge is 0.456 e. The van der Waals surface area contributed by atoms with Crippen LogP contribution >= 0.6 is 0 Å². The SMILES string of the molecule is Cc1cc2c(c(=O)o1)C(c1ccc([N+](=O)[O-])cc1)C1=C(O2)c2ccccc2C1=O. The van der Waals surface area contributed by atoms with Gasteiger partial charge in [0.1, 0.15) is 17.3 Å². The van der Waals surface area contributed by atoms with Crippen molar-refractivity contribution < 1.29 is 18.9 Å². The van der Waals surface area contributed by atoms with Crippen molar-refractivity contribution in [2.75, 3.05) is 0 Å². The van der Waals surface area contributed by atoms with Crippen LogP contribution in [0.3, 0.4) is 0 Å². The number of aryl methyl sites for hydroxylation is 1. The number of rotatable bonds is 2. The van der Waals surface area contributed by atoms with Crippen LogP contribution in [-0.2, 0) is 0 Å². The van der Waals surface area contributed by atoms with Gasteiger partial charge in [0.05, 0.1) is 22.0 Å². The minimum absolute atomic E-state index is 0.0767. The molecule has 0 amide bonds. The molecule has 0 N–H and O–H groups in total. The van der Waals surface area contributed by atoms with E-state index in [-0.39, 0.29) is 17.0 Å². The van der Waals surface area contributed by atoms with Gasteiger partial charge in [-0.15, -0.1) is 0 Å². The second kappa shape index (κ2) is 6.00. The predicted octanol–water partition coefficient (Wildman–Crippen LogP) is 3.99. The number of ketones is 1. The summed E-state index contributed by atoms with van der Waals surface area (Å²) in [5, 5.41) is 11.0. The van der Waals surface area contributed by atoms with Crippen LogP contribution in [0.1, 0.15) is 38.7 Å². The summed E-state index contributed by atoms with van der Waals surface area (Å²) in [7, 11) is 0. The summed E-state index contributed by atoms with van der Waals surface area (Å²) in [5.74, 6) is 0.144. The first-order valence-corrected chi connectivity index (χ1v) is 8.91. The number of nitrogens with zero attached hydrogens (tertiary/aromatic N) is 1. The van der Waals surface area contributed by atoms with Crippen molar-refractivity contribution in [3.05, 3.63) is 109 Å². The van der Waals surface area contributed by atoms with Crippen molar-refractivity contribution in [2.45, 2.75) is 12.8 Å². The number of ether oxygens (including phenoxy) is 1. The molecule has 5 rings (SSSR count). The molecule has 0 fully saturated rings. The van der Waals surface area contributed by atoms with E-state index in [0.717, 1.165) is 0 Å². The van der Waals surface area contributed by atoms with Crippen molar-refractivity contribution in [2.24, 2.45) is 0 Å². The van der Waals surface area contributed by atoms with Crippen LogP contribution < -0.4 is 10.4 Å². The lowest BCUT2D eigenvalue weighted by Crippen LogP contribution is -2.24. The Morgan fingerprint density at radius 1 is 1.00 bits per heavy atom. The molecule has 29 heavy (non-hydrogen) atoms. The number of nitro groups is 1. The molecule has 3 aromatic rings. The van der Waals surface area contributed by atoms with Crippen LogP contribution in [0.15, 0.2) is 69.4 Å². The van der Waals surface area contributed by atoms with E-state index >= 15 is 0 Å². The number of nitro benzene ring substituents is 1. The van der Waals surface area contributed by atoms with Crippen LogP contribution in [0.5, 0.6) is 5.75 Å². The standard InChI is InChI=1S/C22H13NO6/c1-11-10-16-18(22(25)28-11)17(12-6-8-13(9-7-12)23(26)27)19-20(24)14-4-2-3-5-15(14)21(19)29-16/h2-10,17H,1H3. The van der Waals surface area contributed by atoms with Crippen LogP contribution in [0, 0.1) is 17.0 Å². The van der Waals surface area contributed by atoms with Gasteiger partial charge in [-0.3, -0.25) is 14.9 Å². The number of hydrogen-bond acceptors (Lipinski definition) is 6. The molecule has 2 aromatic carbocycles. The van der Waals surface area contributed by atoms with Crippen molar-refractivity contribution in [1.82, 2.24) is 0 Å². The summed E-state index contributed by atoms with van der Waals surface area (Å²) in [6.45, 7) is 1.64. The second-order valence-electron chi connectivity index (χ2n) is 6.92. The summed E-state index contributed by atoms with van der Waals surface area (Å²) in [4.78, 5) is 36.4. The van der Waals surface area contributed by atoms with Crippen molar-refractivity contribution >= 4 is 17.2 Å². The van der Waals surface area contributed by atoms with E-state index in [1.165, 1.54) is 12.1 Å². The molecule has 7 heteroatoms. The first-order chi connectivity index (χ1) is 14.0. The molecule has 1 atom stereocenters. The highest BCUT2D eigenvalue weighted by Crippen LogP contribution is 2.49. The van der Waals surface area contributed by atoms with Gasteiger partial charge in [0.2, 0.25) is 0 Å². The number of carbonyl (C=O) groups is 1. The molecule has 2 heterocycles. The van der Waals surface area contributed by atoms with E-state index in [1.54, 1.807) is 43.3 Å². The monoisotopic (exact) mass is 387 g/mol. The van der Waals surface area contributed by atoms with Gasteiger partial charge in [0, 0.05) is 29.3 Å². The van der Waals surface area contributed by atoms with E-state index in [2.05, 4.69) is 0 Å². The zero-order valence-electron chi connectivity index (χ0n) is 15.2. The third kappa shape index (κ3) is 2.44. The Labute approximate surface area is 164 Å². The van der Waals surface area contributed by atoms with Gasteiger partial charge in [-0.05, 0) is 12.5 Å². The maximum Gasteiger partial charge on any atom is 0.343 e. The maximum atomic E-state index is 13.2. The molecule has 0 saturated heterocycles. The normalized spacial score (nSPS) is 16.7. The van der Waals surface area contributed by atoms with E-state index in [0.29, 0.717) is 39.5 Å². The number of non-ortho nitro benzene ring substituents is 1. The molecule has 7 nitrogen and oxygen atoms in total. The first-order valence-electron chi connectivity index (χ1n) is 8.91. The molecule has 1 aliphatic heterocycles. The Bertz CT molecular complexity index is 1300. The first kappa shape index (κ1) is 17.1. The topological polar surface area (TPSA) is 99.7 Å². The Kier molecular flexibility index (Phi) is 3.54. The second-order valence-corrected chi connectivity index (χ2v) is 6.92. The average Bonchev–Trinajstić information content (AvgIpc) is 2.99. The number of allylic oxidation sites excluding steroid dienone is 1. The fraction of sp³-hybridized carbons (Fsp3) is 0.0909. The number of carbonyl (C=O) groups excluding carboxylic acids is 1. The summed E-state index contributed by atoms with van der Waals surface area (Å²) < 4.78 is 11.3. The highest BCUT2D eigenvalue weighted by molar-refractivity contribution is 6.21. The van der Waals surface area contributed by atoms with E-state index in [9.17, 15) is 19.7 Å². The average molecular weight is 387 g/mol. The fourth-order valence-corrected chi connectivity index (χ4v) is 3.96. The molecule has 1 aromatic heterocycles. The molecular formula is C22H13NO6.